The number of β-amino-alcohol motifs (C(OH)–C–C–N with tert-alkyl or cyclic N) is 1. The van der Waals surface area contributed by atoms with Gasteiger partial charge in [0.25, 0.3) is 0 Å². The van der Waals surface area contributed by atoms with E-state index in [1.807, 2.05) is 0 Å². The fraction of sp³-hybridized carbons (Fsp3) is 0.368. The molecule has 1 fully saturated rings. The van der Waals surface area contributed by atoms with Crippen molar-refractivity contribution in [3.8, 4) is 0 Å². The van der Waals surface area contributed by atoms with E-state index in [1.54, 1.807) is 30.3 Å². The Kier molecular flexibility index (Phi) is 5.66. The van der Waals surface area contributed by atoms with Gasteiger partial charge in [-0.15, -0.1) is 0 Å². The summed E-state index contributed by atoms with van der Waals surface area (Å²) >= 11 is 11.9. The second kappa shape index (κ2) is 7.60. The van der Waals surface area contributed by atoms with Gasteiger partial charge in [0.15, 0.2) is 0 Å². The standard InChI is InChI=1S/C19H20Cl2FNO2/c20-16-6-1-13(11-17(16)21)18(24)12-23-9-7-19(25,8-10-23)14-2-4-15(22)5-3-14/h1-6,11,18,24-25H,7-10,12H2. The number of hydrogen-bond donors (Lipinski definition) is 2. The Labute approximate surface area is 156 Å². The molecule has 2 aromatic rings. The minimum Gasteiger partial charge on any atom is -0.387 e. The molecule has 0 radical (unpaired) electrons. The van der Waals surface area contributed by atoms with Crippen LogP contribution in [0.1, 0.15) is 30.1 Å². The highest BCUT2D eigenvalue weighted by Gasteiger charge is 2.34. The van der Waals surface area contributed by atoms with E-state index in [-0.39, 0.29) is 5.82 Å². The van der Waals surface area contributed by atoms with E-state index in [2.05, 4.69) is 4.90 Å². The number of aliphatic hydroxyl groups is 2. The van der Waals surface area contributed by atoms with Gasteiger partial charge in [0, 0.05) is 19.6 Å². The average molecular weight is 384 g/mol. The molecule has 0 saturated carbocycles. The van der Waals surface area contributed by atoms with Crippen LogP contribution in [0, 0.1) is 5.82 Å². The maximum absolute atomic E-state index is 13.1. The quantitative estimate of drug-likeness (QED) is 0.833. The molecule has 2 N–H and O–H groups in total. The molecule has 2 aromatic carbocycles. The minimum absolute atomic E-state index is 0.311. The van der Waals surface area contributed by atoms with E-state index in [4.69, 9.17) is 23.2 Å². The zero-order valence-electron chi connectivity index (χ0n) is 13.6. The first kappa shape index (κ1) is 18.6. The fourth-order valence-electron chi connectivity index (χ4n) is 3.22. The van der Waals surface area contributed by atoms with Gasteiger partial charge in [-0.3, -0.25) is 0 Å². The molecule has 0 aliphatic carbocycles. The lowest BCUT2D eigenvalue weighted by Gasteiger charge is -2.39. The van der Waals surface area contributed by atoms with Crippen LogP contribution in [0.15, 0.2) is 42.5 Å². The molecule has 1 saturated heterocycles. The van der Waals surface area contributed by atoms with Crippen LogP contribution in [0.3, 0.4) is 0 Å². The van der Waals surface area contributed by atoms with Gasteiger partial charge in [0.2, 0.25) is 0 Å². The summed E-state index contributed by atoms with van der Waals surface area (Å²) in [5.41, 5.74) is 0.506. The SMILES string of the molecule is OC(CN1CCC(O)(c2ccc(F)cc2)CC1)c1ccc(Cl)c(Cl)c1. The third kappa shape index (κ3) is 4.33. The zero-order chi connectivity index (χ0) is 18.0. The summed E-state index contributed by atoms with van der Waals surface area (Å²) in [5, 5.41) is 22.1. The van der Waals surface area contributed by atoms with Gasteiger partial charge in [-0.1, -0.05) is 41.4 Å². The van der Waals surface area contributed by atoms with Crippen molar-refractivity contribution >= 4 is 23.2 Å². The van der Waals surface area contributed by atoms with Crippen molar-refractivity contribution in [1.82, 2.24) is 4.90 Å². The maximum Gasteiger partial charge on any atom is 0.123 e. The molecular weight excluding hydrogens is 364 g/mol. The van der Waals surface area contributed by atoms with E-state index in [1.165, 1.54) is 12.1 Å². The van der Waals surface area contributed by atoms with Crippen LogP contribution in [0.25, 0.3) is 0 Å². The largest absolute Gasteiger partial charge is 0.387 e. The van der Waals surface area contributed by atoms with Gasteiger partial charge in [-0.25, -0.2) is 4.39 Å². The number of benzene rings is 2. The predicted octanol–water partition coefficient (Wildman–Crippen LogP) is 4.15. The molecule has 134 valence electrons. The van der Waals surface area contributed by atoms with Crippen LogP contribution in [0.2, 0.25) is 10.0 Å². The van der Waals surface area contributed by atoms with Crippen molar-refractivity contribution in [2.45, 2.75) is 24.5 Å². The first-order valence-electron chi connectivity index (χ1n) is 8.21. The second-order valence-electron chi connectivity index (χ2n) is 6.53. The fourth-order valence-corrected chi connectivity index (χ4v) is 3.53. The zero-order valence-corrected chi connectivity index (χ0v) is 15.1. The van der Waals surface area contributed by atoms with Crippen LogP contribution < -0.4 is 0 Å². The number of aliphatic hydroxyl groups excluding tert-OH is 1. The number of likely N-dealkylation sites (tertiary alicyclic amines) is 1. The number of piperidine rings is 1. The number of hydrogen-bond acceptors (Lipinski definition) is 3. The van der Waals surface area contributed by atoms with Crippen LogP contribution >= 0.6 is 23.2 Å². The molecule has 0 amide bonds. The molecule has 1 heterocycles. The Morgan fingerprint density at radius 1 is 1.04 bits per heavy atom. The topological polar surface area (TPSA) is 43.7 Å². The summed E-state index contributed by atoms with van der Waals surface area (Å²) in [6.07, 6.45) is 0.395. The Hall–Kier alpha value is -1.17. The second-order valence-corrected chi connectivity index (χ2v) is 7.34. The maximum atomic E-state index is 13.1. The van der Waals surface area contributed by atoms with Crippen LogP contribution in [-0.4, -0.2) is 34.7 Å². The first-order valence-corrected chi connectivity index (χ1v) is 8.97. The van der Waals surface area contributed by atoms with Gasteiger partial charge in [0.05, 0.1) is 21.8 Å². The lowest BCUT2D eigenvalue weighted by atomic mass is 9.84. The predicted molar refractivity (Wildman–Crippen MR) is 97.4 cm³/mol. The average Bonchev–Trinajstić information content (AvgIpc) is 2.60. The van der Waals surface area contributed by atoms with Gasteiger partial charge < -0.3 is 15.1 Å². The number of halogens is 3. The summed E-state index contributed by atoms with van der Waals surface area (Å²) in [5.74, 6) is -0.311. The van der Waals surface area contributed by atoms with Crippen LogP contribution in [0.4, 0.5) is 4.39 Å². The summed E-state index contributed by atoms with van der Waals surface area (Å²) in [7, 11) is 0. The number of rotatable bonds is 4. The molecule has 6 heteroatoms. The van der Waals surface area contributed by atoms with E-state index in [9.17, 15) is 14.6 Å². The van der Waals surface area contributed by atoms with Crippen molar-refractivity contribution in [3.63, 3.8) is 0 Å². The monoisotopic (exact) mass is 383 g/mol. The van der Waals surface area contributed by atoms with E-state index < -0.39 is 11.7 Å². The molecule has 3 rings (SSSR count). The molecular formula is C19H20Cl2FNO2. The molecule has 0 spiro atoms. The Morgan fingerprint density at radius 2 is 1.68 bits per heavy atom. The third-order valence-corrected chi connectivity index (χ3v) is 5.56. The molecule has 0 aromatic heterocycles. The lowest BCUT2D eigenvalue weighted by Crippen LogP contribution is -2.43. The van der Waals surface area contributed by atoms with Crippen LogP contribution in [-0.2, 0) is 5.60 Å². The molecule has 1 unspecified atom stereocenters. The van der Waals surface area contributed by atoms with E-state index >= 15 is 0 Å². The highest BCUT2D eigenvalue weighted by molar-refractivity contribution is 6.42. The van der Waals surface area contributed by atoms with Gasteiger partial charge in [-0.2, -0.15) is 0 Å². The summed E-state index contributed by atoms with van der Waals surface area (Å²) in [6.45, 7) is 1.75. The van der Waals surface area contributed by atoms with E-state index in [0.29, 0.717) is 48.1 Å². The Morgan fingerprint density at radius 3 is 2.28 bits per heavy atom. The summed E-state index contributed by atoms with van der Waals surface area (Å²) in [6, 6.07) is 11.1. The van der Waals surface area contributed by atoms with E-state index in [0.717, 1.165) is 5.56 Å². The lowest BCUT2D eigenvalue weighted by molar-refractivity contribution is -0.0345. The highest BCUT2D eigenvalue weighted by Crippen LogP contribution is 2.34. The number of nitrogens with zero attached hydrogens (tertiary/aromatic N) is 1. The van der Waals surface area contributed by atoms with Crippen molar-refractivity contribution in [2.24, 2.45) is 0 Å². The van der Waals surface area contributed by atoms with Gasteiger partial charge in [-0.05, 0) is 48.2 Å². The molecule has 0 bridgehead atoms. The Bertz CT molecular complexity index is 731. The van der Waals surface area contributed by atoms with Crippen molar-refractivity contribution in [2.75, 3.05) is 19.6 Å². The molecule has 25 heavy (non-hydrogen) atoms. The Balaban J connectivity index is 1.60. The van der Waals surface area contributed by atoms with Crippen molar-refractivity contribution in [3.05, 3.63) is 69.5 Å². The summed E-state index contributed by atoms with van der Waals surface area (Å²) < 4.78 is 13.1. The van der Waals surface area contributed by atoms with Crippen molar-refractivity contribution < 1.29 is 14.6 Å². The molecule has 1 aliphatic rings. The first-order chi connectivity index (χ1) is 11.9. The van der Waals surface area contributed by atoms with Crippen LogP contribution in [0.5, 0.6) is 0 Å². The minimum atomic E-state index is -0.946. The third-order valence-electron chi connectivity index (χ3n) is 4.82. The smallest absolute Gasteiger partial charge is 0.123 e. The summed E-state index contributed by atoms with van der Waals surface area (Å²) in [4.78, 5) is 2.10. The highest BCUT2D eigenvalue weighted by atomic mass is 35.5. The van der Waals surface area contributed by atoms with Gasteiger partial charge >= 0.3 is 0 Å². The molecule has 1 aliphatic heterocycles. The van der Waals surface area contributed by atoms with Gasteiger partial charge in [0.1, 0.15) is 5.82 Å². The molecule has 3 nitrogen and oxygen atoms in total. The normalized spacial score (nSPS) is 18.9. The van der Waals surface area contributed by atoms with Crippen molar-refractivity contribution in [1.29, 1.82) is 0 Å². The molecule has 1 atom stereocenters.